The van der Waals surface area contributed by atoms with Crippen molar-refractivity contribution in [2.45, 2.75) is 64.8 Å². The lowest BCUT2D eigenvalue weighted by Gasteiger charge is -2.57. The van der Waals surface area contributed by atoms with Crippen LogP contribution in [0, 0.1) is 28.6 Å². The monoisotopic (exact) mass is 271 g/mol. The third-order valence-corrected chi connectivity index (χ3v) is 7.55. The van der Waals surface area contributed by atoms with Crippen LogP contribution in [0.15, 0.2) is 23.8 Å². The predicted octanol–water partition coefficient (Wildman–Crippen LogP) is 4.44. The molecule has 2 saturated carbocycles. The first-order valence-corrected chi connectivity index (χ1v) is 8.66. The summed E-state index contributed by atoms with van der Waals surface area (Å²) in [4.78, 5) is 0. The number of hydrogen-bond donors (Lipinski definition) is 1. The minimum absolute atomic E-state index is 0.317. The zero-order chi connectivity index (χ0) is 14.0. The van der Waals surface area contributed by atoms with Gasteiger partial charge in [0.25, 0.3) is 0 Å². The highest BCUT2D eigenvalue weighted by atomic mass is 14.7. The van der Waals surface area contributed by atoms with E-state index in [9.17, 15) is 0 Å². The Morgan fingerprint density at radius 1 is 1.10 bits per heavy atom. The van der Waals surface area contributed by atoms with Crippen LogP contribution >= 0.6 is 0 Å². The first-order chi connectivity index (χ1) is 9.55. The Balaban J connectivity index is 1.76. The fourth-order valence-electron chi connectivity index (χ4n) is 6.36. The van der Waals surface area contributed by atoms with E-state index in [4.69, 9.17) is 5.73 Å². The molecule has 0 aromatic carbocycles. The molecule has 0 heterocycles. The molecule has 4 aliphatic rings. The van der Waals surface area contributed by atoms with Crippen molar-refractivity contribution in [2.24, 2.45) is 34.3 Å². The molecule has 0 unspecified atom stereocenters. The van der Waals surface area contributed by atoms with Gasteiger partial charge in [0.15, 0.2) is 0 Å². The summed E-state index contributed by atoms with van der Waals surface area (Å²) in [6.07, 6.45) is 16.8. The van der Waals surface area contributed by atoms with E-state index >= 15 is 0 Å². The van der Waals surface area contributed by atoms with Crippen molar-refractivity contribution in [3.8, 4) is 0 Å². The van der Waals surface area contributed by atoms with Gasteiger partial charge in [-0.1, -0.05) is 44.1 Å². The molecule has 4 aliphatic carbocycles. The van der Waals surface area contributed by atoms with Gasteiger partial charge in [-0.25, -0.2) is 0 Å². The maximum atomic E-state index is 6.67. The highest BCUT2D eigenvalue weighted by Crippen LogP contribution is 2.63. The van der Waals surface area contributed by atoms with Gasteiger partial charge in [-0.05, 0) is 67.1 Å². The Morgan fingerprint density at radius 3 is 2.80 bits per heavy atom. The number of rotatable bonds is 0. The first-order valence-electron chi connectivity index (χ1n) is 8.66. The van der Waals surface area contributed by atoms with Gasteiger partial charge in [0.2, 0.25) is 0 Å². The Morgan fingerprint density at radius 2 is 1.95 bits per heavy atom. The van der Waals surface area contributed by atoms with Gasteiger partial charge in [-0.15, -0.1) is 0 Å². The molecule has 0 bridgehead atoms. The van der Waals surface area contributed by atoms with E-state index in [0.29, 0.717) is 16.9 Å². The summed E-state index contributed by atoms with van der Waals surface area (Å²) < 4.78 is 0. The molecule has 1 heteroatoms. The van der Waals surface area contributed by atoms with Crippen LogP contribution in [0.4, 0.5) is 0 Å². The molecule has 0 radical (unpaired) electrons. The molecule has 20 heavy (non-hydrogen) atoms. The minimum Gasteiger partial charge on any atom is -0.324 e. The molecular formula is C19H29N. The van der Waals surface area contributed by atoms with Crippen molar-refractivity contribution < 1.29 is 0 Å². The average Bonchev–Trinajstić information content (AvgIpc) is 2.81. The Hall–Kier alpha value is -0.560. The fourth-order valence-corrected chi connectivity index (χ4v) is 6.36. The minimum atomic E-state index is 0.317. The molecule has 0 spiro atoms. The normalized spacial score (nSPS) is 53.9. The molecule has 2 fully saturated rings. The van der Waals surface area contributed by atoms with Crippen molar-refractivity contribution in [1.29, 1.82) is 0 Å². The molecule has 6 atom stereocenters. The molecule has 0 aromatic heterocycles. The van der Waals surface area contributed by atoms with Crippen LogP contribution in [-0.2, 0) is 0 Å². The van der Waals surface area contributed by atoms with Gasteiger partial charge >= 0.3 is 0 Å². The van der Waals surface area contributed by atoms with Crippen LogP contribution in [-0.4, -0.2) is 6.04 Å². The van der Waals surface area contributed by atoms with Crippen molar-refractivity contribution in [3.63, 3.8) is 0 Å². The van der Waals surface area contributed by atoms with E-state index in [0.717, 1.165) is 24.2 Å². The topological polar surface area (TPSA) is 26.0 Å². The van der Waals surface area contributed by atoms with E-state index in [1.165, 1.54) is 38.5 Å². The second kappa shape index (κ2) is 4.22. The van der Waals surface area contributed by atoms with Crippen LogP contribution < -0.4 is 5.73 Å². The number of hydrogen-bond acceptors (Lipinski definition) is 1. The smallest absolute Gasteiger partial charge is 0.0261 e. The maximum Gasteiger partial charge on any atom is 0.0261 e. The largest absolute Gasteiger partial charge is 0.324 e. The van der Waals surface area contributed by atoms with Gasteiger partial charge in [0.1, 0.15) is 0 Å². The quantitative estimate of drug-likeness (QED) is 0.647. The molecule has 4 rings (SSSR count). The van der Waals surface area contributed by atoms with Gasteiger partial charge in [-0.2, -0.15) is 0 Å². The first kappa shape index (κ1) is 13.1. The third-order valence-electron chi connectivity index (χ3n) is 7.55. The molecule has 0 amide bonds. The highest BCUT2D eigenvalue weighted by Gasteiger charge is 2.56. The highest BCUT2D eigenvalue weighted by molar-refractivity contribution is 5.31. The summed E-state index contributed by atoms with van der Waals surface area (Å²) in [5.74, 6) is 2.46. The lowest BCUT2D eigenvalue weighted by atomic mass is 9.48. The SMILES string of the molecule is C[C@@]12CCC[C@H]1[C@@H]1[C@H](N)C=C3CC=CC[C@]3(C)[C@H]1CC2. The van der Waals surface area contributed by atoms with Crippen molar-refractivity contribution in [1.82, 2.24) is 0 Å². The van der Waals surface area contributed by atoms with Gasteiger partial charge < -0.3 is 5.73 Å². The summed E-state index contributed by atoms with van der Waals surface area (Å²) in [7, 11) is 0. The summed E-state index contributed by atoms with van der Waals surface area (Å²) in [5, 5.41) is 0. The van der Waals surface area contributed by atoms with Crippen LogP contribution in [0.25, 0.3) is 0 Å². The van der Waals surface area contributed by atoms with E-state index < -0.39 is 0 Å². The summed E-state index contributed by atoms with van der Waals surface area (Å²) in [6.45, 7) is 5.08. The van der Waals surface area contributed by atoms with Crippen LogP contribution in [0.3, 0.4) is 0 Å². The maximum absolute atomic E-state index is 6.67. The average molecular weight is 271 g/mol. The summed E-state index contributed by atoms with van der Waals surface area (Å²) in [6, 6.07) is 0.317. The van der Waals surface area contributed by atoms with E-state index in [-0.39, 0.29) is 0 Å². The zero-order valence-electron chi connectivity index (χ0n) is 13.1. The Labute approximate surface area is 123 Å². The van der Waals surface area contributed by atoms with Gasteiger partial charge in [-0.3, -0.25) is 0 Å². The standard InChI is InChI=1S/C19H29N/c1-18-9-5-7-14(18)17-15(8-11-18)19(2)10-4-3-6-13(19)12-16(17)20/h3-4,12,14-17H,5-11,20H2,1-2H3/t14-,15-,16+,17-,18-,19-/m0/s1. The van der Waals surface area contributed by atoms with Crippen molar-refractivity contribution in [2.75, 3.05) is 0 Å². The van der Waals surface area contributed by atoms with Gasteiger partial charge in [0, 0.05) is 6.04 Å². The second-order valence-electron chi connectivity index (χ2n) is 8.44. The van der Waals surface area contributed by atoms with Crippen LogP contribution in [0.1, 0.15) is 58.8 Å². The molecule has 2 N–H and O–H groups in total. The molecule has 1 nitrogen and oxygen atoms in total. The summed E-state index contributed by atoms with van der Waals surface area (Å²) >= 11 is 0. The number of allylic oxidation sites excluding steroid dienone is 3. The van der Waals surface area contributed by atoms with Crippen molar-refractivity contribution in [3.05, 3.63) is 23.8 Å². The molecule has 0 aromatic rings. The molecule has 110 valence electrons. The fraction of sp³-hybridized carbons (Fsp3) is 0.789. The predicted molar refractivity (Wildman–Crippen MR) is 84.2 cm³/mol. The third kappa shape index (κ3) is 1.59. The number of nitrogens with two attached hydrogens (primary N) is 1. The van der Waals surface area contributed by atoms with Crippen LogP contribution in [0.5, 0.6) is 0 Å². The van der Waals surface area contributed by atoms with E-state index in [2.05, 4.69) is 32.1 Å². The molecular weight excluding hydrogens is 242 g/mol. The van der Waals surface area contributed by atoms with Crippen LogP contribution in [0.2, 0.25) is 0 Å². The Kier molecular flexibility index (Phi) is 2.77. The molecule has 0 saturated heterocycles. The van der Waals surface area contributed by atoms with E-state index in [1.54, 1.807) is 5.57 Å². The number of fused-ring (bicyclic) bond motifs is 5. The molecule has 0 aliphatic heterocycles. The second-order valence-corrected chi connectivity index (χ2v) is 8.44. The lowest BCUT2D eigenvalue weighted by molar-refractivity contribution is -0.0246. The summed E-state index contributed by atoms with van der Waals surface area (Å²) in [5.41, 5.74) is 9.34. The van der Waals surface area contributed by atoms with Crippen molar-refractivity contribution >= 4 is 0 Å². The van der Waals surface area contributed by atoms with E-state index in [1.807, 2.05) is 0 Å². The Bertz CT molecular complexity index is 476. The van der Waals surface area contributed by atoms with Gasteiger partial charge in [0.05, 0.1) is 0 Å². The zero-order valence-corrected chi connectivity index (χ0v) is 13.1. The lowest BCUT2D eigenvalue weighted by Crippen LogP contribution is -2.54.